The maximum atomic E-state index is 12.4. The van der Waals surface area contributed by atoms with Crippen LogP contribution in [0.15, 0.2) is 34.9 Å². The molecule has 2 heterocycles. The summed E-state index contributed by atoms with van der Waals surface area (Å²) in [5.74, 6) is -1.05. The third-order valence-corrected chi connectivity index (χ3v) is 4.36. The van der Waals surface area contributed by atoms with Crippen molar-refractivity contribution in [3.8, 4) is 0 Å². The zero-order valence-electron chi connectivity index (χ0n) is 16.2. The number of hydrogen-bond donors (Lipinski definition) is 1. The lowest BCUT2D eigenvalue weighted by Gasteiger charge is -2.18. The van der Waals surface area contributed by atoms with E-state index in [9.17, 15) is 14.4 Å². The van der Waals surface area contributed by atoms with Crippen LogP contribution in [0.25, 0.3) is 0 Å². The molecule has 0 atom stereocenters. The number of rotatable bonds is 5. The highest BCUT2D eigenvalue weighted by molar-refractivity contribution is 6.04. The molecule has 3 rings (SSSR count). The van der Waals surface area contributed by atoms with Crippen LogP contribution in [0.4, 0.5) is 11.6 Å². The van der Waals surface area contributed by atoms with E-state index < -0.39 is 18.5 Å². The first-order chi connectivity index (χ1) is 13.3. The Hall–Kier alpha value is -3.16. The molecular weight excluding hydrogens is 362 g/mol. The molecule has 0 radical (unpaired) electrons. The van der Waals surface area contributed by atoms with Crippen LogP contribution in [0.5, 0.6) is 0 Å². The smallest absolute Gasteiger partial charge is 0.340 e. The normalized spacial score (nSPS) is 14.2. The molecule has 1 N–H and O–H groups in total. The van der Waals surface area contributed by atoms with Crippen molar-refractivity contribution in [1.82, 2.24) is 5.16 Å². The average Bonchev–Trinajstić information content (AvgIpc) is 3.28. The fraction of sp³-hybridized carbons (Fsp3) is 0.400. The number of hydrogen-bond acceptors (Lipinski definition) is 6. The molecule has 0 saturated carbocycles. The van der Waals surface area contributed by atoms with Gasteiger partial charge in [0, 0.05) is 24.4 Å². The van der Waals surface area contributed by atoms with E-state index >= 15 is 0 Å². The number of amides is 2. The second-order valence-corrected chi connectivity index (χ2v) is 7.62. The molecule has 1 aliphatic heterocycles. The molecule has 8 heteroatoms. The SMILES string of the molecule is CC(C)(C)c1cc(NC(=O)COC(=O)c2ccccc2N2CCCC2=O)on1. The molecule has 1 aliphatic rings. The predicted octanol–water partition coefficient (Wildman–Crippen LogP) is 2.89. The molecule has 28 heavy (non-hydrogen) atoms. The highest BCUT2D eigenvalue weighted by atomic mass is 16.5. The summed E-state index contributed by atoms with van der Waals surface area (Å²) in [6.07, 6.45) is 1.21. The number of aromatic nitrogens is 1. The van der Waals surface area contributed by atoms with Crippen LogP contribution in [0, 0.1) is 0 Å². The molecule has 1 saturated heterocycles. The summed E-state index contributed by atoms with van der Waals surface area (Å²) < 4.78 is 10.2. The fourth-order valence-electron chi connectivity index (χ4n) is 2.85. The lowest BCUT2D eigenvalue weighted by Crippen LogP contribution is -2.27. The summed E-state index contributed by atoms with van der Waals surface area (Å²) in [6, 6.07) is 8.34. The molecule has 0 spiro atoms. The van der Waals surface area contributed by atoms with Crippen molar-refractivity contribution in [2.45, 2.75) is 39.0 Å². The van der Waals surface area contributed by atoms with Crippen molar-refractivity contribution in [2.24, 2.45) is 0 Å². The van der Waals surface area contributed by atoms with Crippen molar-refractivity contribution < 1.29 is 23.6 Å². The first kappa shape index (κ1) is 19.6. The highest BCUT2D eigenvalue weighted by Gasteiger charge is 2.26. The number of esters is 1. The van der Waals surface area contributed by atoms with Crippen LogP contribution >= 0.6 is 0 Å². The number of ether oxygens (including phenoxy) is 1. The first-order valence-corrected chi connectivity index (χ1v) is 9.09. The van der Waals surface area contributed by atoms with Crippen molar-refractivity contribution in [3.05, 3.63) is 41.6 Å². The lowest BCUT2D eigenvalue weighted by molar-refractivity contribution is -0.119. The van der Waals surface area contributed by atoms with Gasteiger partial charge >= 0.3 is 5.97 Å². The van der Waals surface area contributed by atoms with Gasteiger partial charge in [0.15, 0.2) is 6.61 Å². The topological polar surface area (TPSA) is 102 Å². The number of anilines is 2. The Kier molecular flexibility index (Phi) is 5.48. The van der Waals surface area contributed by atoms with Gasteiger partial charge in [-0.3, -0.25) is 14.9 Å². The quantitative estimate of drug-likeness (QED) is 0.794. The summed E-state index contributed by atoms with van der Waals surface area (Å²) in [7, 11) is 0. The second kappa shape index (κ2) is 7.84. The maximum absolute atomic E-state index is 12.4. The van der Waals surface area contributed by atoms with E-state index in [2.05, 4.69) is 10.5 Å². The van der Waals surface area contributed by atoms with Crippen LogP contribution in [0.2, 0.25) is 0 Å². The van der Waals surface area contributed by atoms with E-state index in [4.69, 9.17) is 9.26 Å². The third kappa shape index (κ3) is 4.39. The molecular formula is C20H23N3O5. The lowest BCUT2D eigenvalue weighted by atomic mass is 9.92. The van der Waals surface area contributed by atoms with Gasteiger partial charge in [-0.15, -0.1) is 0 Å². The monoisotopic (exact) mass is 385 g/mol. The van der Waals surface area contributed by atoms with Gasteiger partial charge in [-0.25, -0.2) is 4.79 Å². The van der Waals surface area contributed by atoms with Crippen LogP contribution in [-0.4, -0.2) is 36.1 Å². The molecule has 2 aromatic rings. The van der Waals surface area contributed by atoms with Gasteiger partial charge in [0.05, 0.1) is 16.9 Å². The standard InChI is InChI=1S/C20H23N3O5/c1-20(2,3)15-11-17(28-22-15)21-16(24)12-27-19(26)13-7-4-5-8-14(13)23-10-6-9-18(23)25/h4-5,7-8,11H,6,9-10,12H2,1-3H3,(H,21,24). The summed E-state index contributed by atoms with van der Waals surface area (Å²) in [5.41, 5.74) is 1.24. The molecule has 1 aromatic carbocycles. The van der Waals surface area contributed by atoms with Gasteiger partial charge in [-0.05, 0) is 18.6 Å². The van der Waals surface area contributed by atoms with Gasteiger partial charge in [0.25, 0.3) is 5.91 Å². The summed E-state index contributed by atoms with van der Waals surface area (Å²) in [4.78, 5) is 38.1. The number of nitrogens with zero attached hydrogens (tertiary/aromatic N) is 2. The van der Waals surface area contributed by atoms with E-state index in [0.29, 0.717) is 24.3 Å². The van der Waals surface area contributed by atoms with Gasteiger partial charge in [-0.2, -0.15) is 0 Å². The molecule has 0 unspecified atom stereocenters. The van der Waals surface area contributed by atoms with Gasteiger partial charge in [-0.1, -0.05) is 38.1 Å². The van der Waals surface area contributed by atoms with Crippen molar-refractivity contribution in [2.75, 3.05) is 23.4 Å². The van der Waals surface area contributed by atoms with Crippen LogP contribution in [-0.2, 0) is 19.7 Å². The minimum absolute atomic E-state index is 0.0297. The van der Waals surface area contributed by atoms with E-state index in [1.165, 1.54) is 0 Å². The third-order valence-electron chi connectivity index (χ3n) is 4.36. The minimum atomic E-state index is -0.668. The Balaban J connectivity index is 1.61. The Bertz CT molecular complexity index is 897. The average molecular weight is 385 g/mol. The predicted molar refractivity (Wildman–Crippen MR) is 102 cm³/mol. The van der Waals surface area contributed by atoms with Crippen molar-refractivity contribution in [3.63, 3.8) is 0 Å². The van der Waals surface area contributed by atoms with E-state index in [0.717, 1.165) is 6.42 Å². The zero-order valence-corrected chi connectivity index (χ0v) is 16.2. The molecule has 1 fully saturated rings. The maximum Gasteiger partial charge on any atom is 0.340 e. The van der Waals surface area contributed by atoms with Crippen LogP contribution in [0.1, 0.15) is 49.7 Å². The summed E-state index contributed by atoms with van der Waals surface area (Å²) in [5, 5.41) is 6.42. The molecule has 2 amide bonds. The van der Waals surface area contributed by atoms with Crippen LogP contribution in [0.3, 0.4) is 0 Å². The van der Waals surface area contributed by atoms with Gasteiger partial charge in [0.1, 0.15) is 0 Å². The summed E-state index contributed by atoms with van der Waals surface area (Å²) in [6.45, 7) is 6.00. The molecule has 0 aliphatic carbocycles. The number of para-hydroxylation sites is 1. The van der Waals surface area contributed by atoms with E-state index in [1.54, 1.807) is 35.2 Å². The number of carbonyl (C=O) groups is 3. The molecule has 1 aromatic heterocycles. The molecule has 8 nitrogen and oxygen atoms in total. The fourth-order valence-corrected chi connectivity index (χ4v) is 2.85. The minimum Gasteiger partial charge on any atom is -0.452 e. The highest BCUT2D eigenvalue weighted by Crippen LogP contribution is 2.26. The summed E-state index contributed by atoms with van der Waals surface area (Å²) >= 11 is 0. The Morgan fingerprint density at radius 1 is 1.29 bits per heavy atom. The van der Waals surface area contributed by atoms with Crippen molar-refractivity contribution >= 4 is 29.4 Å². The molecule has 0 bridgehead atoms. The van der Waals surface area contributed by atoms with Crippen molar-refractivity contribution in [1.29, 1.82) is 0 Å². The largest absolute Gasteiger partial charge is 0.452 e. The van der Waals surface area contributed by atoms with Crippen LogP contribution < -0.4 is 10.2 Å². The Labute approximate surface area is 162 Å². The Morgan fingerprint density at radius 3 is 2.68 bits per heavy atom. The van der Waals surface area contributed by atoms with E-state index in [1.807, 2.05) is 20.8 Å². The number of carbonyl (C=O) groups excluding carboxylic acids is 3. The number of benzene rings is 1. The van der Waals surface area contributed by atoms with E-state index in [-0.39, 0.29) is 22.8 Å². The zero-order chi connectivity index (χ0) is 20.3. The van der Waals surface area contributed by atoms with Gasteiger partial charge in [0.2, 0.25) is 11.8 Å². The Morgan fingerprint density at radius 2 is 2.04 bits per heavy atom. The van der Waals surface area contributed by atoms with Gasteiger partial charge < -0.3 is 14.2 Å². The second-order valence-electron chi connectivity index (χ2n) is 7.62. The first-order valence-electron chi connectivity index (χ1n) is 9.09. The molecule has 148 valence electrons. The number of nitrogens with one attached hydrogen (secondary N) is 1.